The Kier molecular flexibility index (Phi) is 4.14. The molecular formula is C8H17N3O2. The van der Waals surface area contributed by atoms with E-state index in [9.17, 15) is 4.79 Å². The molecule has 0 unspecified atom stereocenters. The second-order valence-electron chi connectivity index (χ2n) is 3.15. The summed E-state index contributed by atoms with van der Waals surface area (Å²) in [6, 6.07) is 0. The molecule has 1 aliphatic rings. The maximum Gasteiger partial charge on any atom is 0.236 e. The van der Waals surface area contributed by atoms with Gasteiger partial charge in [0.2, 0.25) is 5.91 Å². The highest BCUT2D eigenvalue weighted by molar-refractivity contribution is 5.78. The van der Waals surface area contributed by atoms with Gasteiger partial charge in [-0.25, -0.2) is 0 Å². The zero-order valence-corrected chi connectivity index (χ0v) is 7.78. The van der Waals surface area contributed by atoms with Crippen LogP contribution < -0.4 is 5.73 Å². The van der Waals surface area contributed by atoms with Crippen molar-refractivity contribution in [2.75, 3.05) is 45.9 Å². The van der Waals surface area contributed by atoms with Crippen molar-refractivity contribution in [1.82, 2.24) is 9.80 Å². The number of hydrogen-bond donors (Lipinski definition) is 2. The molecule has 1 aliphatic heterocycles. The van der Waals surface area contributed by atoms with Crippen molar-refractivity contribution in [3.05, 3.63) is 0 Å². The monoisotopic (exact) mass is 187 g/mol. The predicted molar refractivity (Wildman–Crippen MR) is 49.2 cm³/mol. The van der Waals surface area contributed by atoms with Crippen molar-refractivity contribution in [2.24, 2.45) is 5.73 Å². The smallest absolute Gasteiger partial charge is 0.236 e. The van der Waals surface area contributed by atoms with Gasteiger partial charge in [0.05, 0.1) is 13.2 Å². The Hall–Kier alpha value is -0.650. The van der Waals surface area contributed by atoms with E-state index in [-0.39, 0.29) is 19.1 Å². The highest BCUT2D eigenvalue weighted by Crippen LogP contribution is 2.00. The Morgan fingerprint density at radius 3 is 2.38 bits per heavy atom. The van der Waals surface area contributed by atoms with Crippen molar-refractivity contribution in [1.29, 1.82) is 0 Å². The van der Waals surface area contributed by atoms with E-state index >= 15 is 0 Å². The van der Waals surface area contributed by atoms with Crippen LogP contribution in [0.15, 0.2) is 0 Å². The second kappa shape index (κ2) is 5.16. The van der Waals surface area contributed by atoms with E-state index in [0.29, 0.717) is 6.54 Å². The molecule has 1 rings (SSSR count). The van der Waals surface area contributed by atoms with Gasteiger partial charge < -0.3 is 15.7 Å². The number of rotatable bonds is 3. The Morgan fingerprint density at radius 2 is 1.92 bits per heavy atom. The fourth-order valence-corrected chi connectivity index (χ4v) is 1.49. The second-order valence-corrected chi connectivity index (χ2v) is 3.15. The SMILES string of the molecule is NCC(=O)N1CCN(CCO)CC1. The maximum absolute atomic E-state index is 11.2. The molecule has 1 heterocycles. The summed E-state index contributed by atoms with van der Waals surface area (Å²) in [6.45, 7) is 4.13. The first-order valence-corrected chi connectivity index (χ1v) is 4.59. The molecule has 13 heavy (non-hydrogen) atoms. The largest absolute Gasteiger partial charge is 0.395 e. The van der Waals surface area contributed by atoms with Gasteiger partial charge in [-0.1, -0.05) is 0 Å². The average molecular weight is 187 g/mol. The minimum atomic E-state index is 0.0173. The summed E-state index contributed by atoms with van der Waals surface area (Å²) in [5.41, 5.74) is 5.25. The summed E-state index contributed by atoms with van der Waals surface area (Å²) in [4.78, 5) is 15.1. The number of piperazine rings is 1. The minimum Gasteiger partial charge on any atom is -0.395 e. The highest BCUT2D eigenvalue weighted by atomic mass is 16.3. The number of amides is 1. The third-order valence-corrected chi connectivity index (χ3v) is 2.32. The Bertz CT molecular complexity index is 167. The minimum absolute atomic E-state index is 0.0173. The van der Waals surface area contributed by atoms with Crippen LogP contribution in [0.4, 0.5) is 0 Å². The van der Waals surface area contributed by atoms with Crippen molar-refractivity contribution in [2.45, 2.75) is 0 Å². The van der Waals surface area contributed by atoms with Gasteiger partial charge in [-0.2, -0.15) is 0 Å². The maximum atomic E-state index is 11.2. The third-order valence-electron chi connectivity index (χ3n) is 2.32. The predicted octanol–water partition coefficient (Wildman–Crippen LogP) is -1.92. The number of carbonyl (C=O) groups is 1. The van der Waals surface area contributed by atoms with Crippen LogP contribution >= 0.6 is 0 Å². The van der Waals surface area contributed by atoms with Crippen LogP contribution in [-0.2, 0) is 4.79 Å². The summed E-state index contributed by atoms with van der Waals surface area (Å²) in [5, 5.41) is 8.70. The van der Waals surface area contributed by atoms with Crippen LogP contribution in [0.5, 0.6) is 0 Å². The number of aliphatic hydroxyl groups is 1. The van der Waals surface area contributed by atoms with E-state index < -0.39 is 0 Å². The first-order chi connectivity index (χ1) is 6.27. The molecule has 1 amide bonds. The van der Waals surface area contributed by atoms with Crippen molar-refractivity contribution in [3.8, 4) is 0 Å². The number of nitrogens with zero attached hydrogens (tertiary/aromatic N) is 2. The van der Waals surface area contributed by atoms with Crippen LogP contribution in [-0.4, -0.2) is 66.7 Å². The Morgan fingerprint density at radius 1 is 1.31 bits per heavy atom. The van der Waals surface area contributed by atoms with E-state index in [1.165, 1.54) is 0 Å². The van der Waals surface area contributed by atoms with Gasteiger partial charge in [-0.05, 0) is 0 Å². The average Bonchev–Trinajstić information content (AvgIpc) is 2.18. The molecular weight excluding hydrogens is 170 g/mol. The van der Waals surface area contributed by atoms with Gasteiger partial charge in [-0.15, -0.1) is 0 Å². The fraction of sp³-hybridized carbons (Fsp3) is 0.875. The summed E-state index contributed by atoms with van der Waals surface area (Å²) >= 11 is 0. The number of hydrogen-bond acceptors (Lipinski definition) is 4. The normalized spacial score (nSPS) is 19.1. The van der Waals surface area contributed by atoms with Crippen LogP contribution in [0.1, 0.15) is 0 Å². The van der Waals surface area contributed by atoms with Gasteiger partial charge in [0, 0.05) is 32.7 Å². The van der Waals surface area contributed by atoms with Crippen molar-refractivity contribution in [3.63, 3.8) is 0 Å². The molecule has 0 bridgehead atoms. The standard InChI is InChI=1S/C8H17N3O2/c9-7-8(13)11-3-1-10(2-4-11)5-6-12/h12H,1-7,9H2. The van der Waals surface area contributed by atoms with Crippen LogP contribution in [0.2, 0.25) is 0 Å². The molecule has 1 saturated heterocycles. The summed E-state index contributed by atoms with van der Waals surface area (Å²) in [7, 11) is 0. The molecule has 0 spiro atoms. The van der Waals surface area contributed by atoms with Gasteiger partial charge in [0.1, 0.15) is 0 Å². The van der Waals surface area contributed by atoms with Gasteiger partial charge in [0.15, 0.2) is 0 Å². The molecule has 0 radical (unpaired) electrons. The molecule has 0 aromatic rings. The molecule has 0 aliphatic carbocycles. The number of aliphatic hydroxyl groups excluding tert-OH is 1. The zero-order valence-electron chi connectivity index (χ0n) is 7.78. The zero-order chi connectivity index (χ0) is 9.68. The number of β-amino-alcohol motifs (C(OH)–C–C–N with tert-alkyl or cyclic N) is 1. The molecule has 0 aromatic heterocycles. The number of carbonyl (C=O) groups excluding carboxylic acids is 1. The summed E-state index contributed by atoms with van der Waals surface area (Å²) in [5.74, 6) is 0.0173. The lowest BCUT2D eigenvalue weighted by Crippen LogP contribution is -2.50. The van der Waals surface area contributed by atoms with E-state index in [4.69, 9.17) is 10.8 Å². The Labute approximate surface area is 78.1 Å². The first-order valence-electron chi connectivity index (χ1n) is 4.59. The summed E-state index contributed by atoms with van der Waals surface area (Å²) in [6.07, 6.45) is 0. The van der Waals surface area contributed by atoms with Crippen molar-refractivity contribution < 1.29 is 9.90 Å². The lowest BCUT2D eigenvalue weighted by atomic mass is 10.3. The van der Waals surface area contributed by atoms with E-state index in [1.54, 1.807) is 4.90 Å². The van der Waals surface area contributed by atoms with Crippen LogP contribution in [0.25, 0.3) is 0 Å². The molecule has 1 fully saturated rings. The molecule has 3 N–H and O–H groups in total. The fourth-order valence-electron chi connectivity index (χ4n) is 1.49. The molecule has 5 heteroatoms. The molecule has 0 atom stereocenters. The van der Waals surface area contributed by atoms with Gasteiger partial charge >= 0.3 is 0 Å². The molecule has 76 valence electrons. The first kappa shape index (κ1) is 10.4. The van der Waals surface area contributed by atoms with Gasteiger partial charge in [-0.3, -0.25) is 9.69 Å². The topological polar surface area (TPSA) is 69.8 Å². The van der Waals surface area contributed by atoms with Crippen LogP contribution in [0, 0.1) is 0 Å². The quantitative estimate of drug-likeness (QED) is 0.540. The van der Waals surface area contributed by atoms with E-state index in [1.807, 2.05) is 0 Å². The molecule has 0 aromatic carbocycles. The lowest BCUT2D eigenvalue weighted by molar-refractivity contribution is -0.131. The van der Waals surface area contributed by atoms with Crippen LogP contribution in [0.3, 0.4) is 0 Å². The summed E-state index contributed by atoms with van der Waals surface area (Å²) < 4.78 is 0. The highest BCUT2D eigenvalue weighted by Gasteiger charge is 2.18. The van der Waals surface area contributed by atoms with E-state index in [0.717, 1.165) is 26.2 Å². The third kappa shape index (κ3) is 2.95. The van der Waals surface area contributed by atoms with E-state index in [2.05, 4.69) is 4.90 Å². The number of nitrogens with two attached hydrogens (primary N) is 1. The molecule has 0 saturated carbocycles. The van der Waals surface area contributed by atoms with Gasteiger partial charge in [0.25, 0.3) is 0 Å². The molecule has 5 nitrogen and oxygen atoms in total. The Balaban J connectivity index is 2.26. The lowest BCUT2D eigenvalue weighted by Gasteiger charge is -2.34. The van der Waals surface area contributed by atoms with Crippen molar-refractivity contribution >= 4 is 5.91 Å².